The second-order valence-electron chi connectivity index (χ2n) is 3.98. The number of aliphatic hydroxyl groups excluding tert-OH is 1. The Morgan fingerprint density at radius 3 is 2.41 bits per heavy atom. The minimum absolute atomic E-state index is 0.0316. The highest BCUT2D eigenvalue weighted by atomic mass is 32.2. The van der Waals surface area contributed by atoms with Gasteiger partial charge in [-0.15, -0.1) is 0 Å². The van der Waals surface area contributed by atoms with Crippen LogP contribution in [0.1, 0.15) is 17.5 Å². The zero-order chi connectivity index (χ0) is 13.1. The summed E-state index contributed by atoms with van der Waals surface area (Å²) in [6, 6.07) is 3.35. The van der Waals surface area contributed by atoms with E-state index in [4.69, 9.17) is 9.84 Å². The standard InChI is InChI=1S/C12H18O4S/c1-9-8-12(10(2)7-11(9)16-3)17(14,15)6-4-5-13/h7-8,13H,4-6H2,1-3H3. The zero-order valence-corrected chi connectivity index (χ0v) is 11.2. The Morgan fingerprint density at radius 1 is 1.24 bits per heavy atom. The first kappa shape index (κ1) is 14.0. The summed E-state index contributed by atoms with van der Waals surface area (Å²) in [5.74, 6) is 0.652. The van der Waals surface area contributed by atoms with Gasteiger partial charge in [0.25, 0.3) is 0 Å². The predicted molar refractivity (Wildman–Crippen MR) is 66.2 cm³/mol. The summed E-state index contributed by atoms with van der Waals surface area (Å²) < 4.78 is 29.2. The quantitative estimate of drug-likeness (QED) is 0.868. The largest absolute Gasteiger partial charge is 0.496 e. The number of benzene rings is 1. The van der Waals surface area contributed by atoms with Crippen LogP contribution in [0.2, 0.25) is 0 Å². The molecule has 0 aliphatic heterocycles. The van der Waals surface area contributed by atoms with Crippen LogP contribution in [0.25, 0.3) is 0 Å². The number of sulfone groups is 1. The van der Waals surface area contributed by atoms with E-state index in [1.165, 1.54) is 0 Å². The van der Waals surface area contributed by atoms with Crippen LogP contribution in [-0.2, 0) is 9.84 Å². The van der Waals surface area contributed by atoms with Gasteiger partial charge in [-0.25, -0.2) is 8.42 Å². The van der Waals surface area contributed by atoms with Gasteiger partial charge in [0.05, 0.1) is 17.8 Å². The maximum atomic E-state index is 12.0. The van der Waals surface area contributed by atoms with Crippen LogP contribution in [0.5, 0.6) is 5.75 Å². The molecular formula is C12H18O4S. The van der Waals surface area contributed by atoms with Crippen LogP contribution < -0.4 is 4.74 Å². The molecule has 96 valence electrons. The fourth-order valence-corrected chi connectivity index (χ4v) is 3.32. The van der Waals surface area contributed by atoms with Crippen molar-refractivity contribution in [3.05, 3.63) is 23.3 Å². The molecule has 1 N–H and O–H groups in total. The van der Waals surface area contributed by atoms with Gasteiger partial charge in [-0.05, 0) is 43.5 Å². The van der Waals surface area contributed by atoms with E-state index < -0.39 is 9.84 Å². The number of hydrogen-bond acceptors (Lipinski definition) is 4. The summed E-state index contributed by atoms with van der Waals surface area (Å²) in [6.45, 7) is 3.44. The van der Waals surface area contributed by atoms with Gasteiger partial charge in [0.15, 0.2) is 9.84 Å². The van der Waals surface area contributed by atoms with E-state index >= 15 is 0 Å². The summed E-state index contributed by atoms with van der Waals surface area (Å²) in [6.07, 6.45) is 0.257. The molecule has 0 unspecified atom stereocenters. The monoisotopic (exact) mass is 258 g/mol. The minimum Gasteiger partial charge on any atom is -0.496 e. The molecule has 0 aliphatic rings. The van der Waals surface area contributed by atoms with Crippen LogP contribution in [0, 0.1) is 13.8 Å². The number of methoxy groups -OCH3 is 1. The van der Waals surface area contributed by atoms with Gasteiger partial charge in [-0.1, -0.05) is 0 Å². The Balaban J connectivity index is 3.19. The lowest BCUT2D eigenvalue weighted by atomic mass is 10.1. The van der Waals surface area contributed by atoms with Crippen molar-refractivity contribution in [3.8, 4) is 5.75 Å². The normalized spacial score (nSPS) is 11.5. The molecule has 0 amide bonds. The van der Waals surface area contributed by atoms with Gasteiger partial charge in [0.1, 0.15) is 5.75 Å². The summed E-state index contributed by atoms with van der Waals surface area (Å²) >= 11 is 0. The maximum absolute atomic E-state index is 12.0. The van der Waals surface area contributed by atoms with E-state index in [-0.39, 0.29) is 18.8 Å². The van der Waals surface area contributed by atoms with Gasteiger partial charge >= 0.3 is 0 Å². The third kappa shape index (κ3) is 3.20. The van der Waals surface area contributed by atoms with Crippen molar-refractivity contribution in [3.63, 3.8) is 0 Å². The number of rotatable bonds is 5. The molecule has 0 saturated carbocycles. The lowest BCUT2D eigenvalue weighted by Crippen LogP contribution is -2.10. The Morgan fingerprint density at radius 2 is 1.88 bits per heavy atom. The molecule has 1 aromatic rings. The van der Waals surface area contributed by atoms with Crippen LogP contribution >= 0.6 is 0 Å². The van der Waals surface area contributed by atoms with Crippen molar-refractivity contribution in [2.24, 2.45) is 0 Å². The Hall–Kier alpha value is -1.07. The molecular weight excluding hydrogens is 240 g/mol. The highest BCUT2D eigenvalue weighted by Crippen LogP contribution is 2.26. The number of aliphatic hydroxyl groups is 1. The molecule has 17 heavy (non-hydrogen) atoms. The highest BCUT2D eigenvalue weighted by molar-refractivity contribution is 7.91. The van der Waals surface area contributed by atoms with Crippen molar-refractivity contribution in [1.82, 2.24) is 0 Å². The van der Waals surface area contributed by atoms with Gasteiger partial charge in [0, 0.05) is 6.61 Å². The topological polar surface area (TPSA) is 63.6 Å². The molecule has 4 nitrogen and oxygen atoms in total. The summed E-state index contributed by atoms with van der Waals surface area (Å²) in [4.78, 5) is 0.323. The van der Waals surface area contributed by atoms with E-state index in [9.17, 15) is 8.42 Å². The predicted octanol–water partition coefficient (Wildman–Crippen LogP) is 1.47. The molecule has 0 bridgehead atoms. The minimum atomic E-state index is -3.32. The van der Waals surface area contributed by atoms with Crippen molar-refractivity contribution in [2.75, 3.05) is 19.5 Å². The van der Waals surface area contributed by atoms with Crippen LogP contribution in [-0.4, -0.2) is 33.0 Å². The zero-order valence-electron chi connectivity index (χ0n) is 10.4. The Bertz CT molecular complexity index is 491. The van der Waals surface area contributed by atoms with Gasteiger partial charge in [-0.3, -0.25) is 0 Å². The smallest absolute Gasteiger partial charge is 0.178 e. The summed E-state index contributed by atoms with van der Waals surface area (Å²) in [7, 11) is -1.76. The van der Waals surface area contributed by atoms with E-state index in [0.717, 1.165) is 5.56 Å². The molecule has 0 radical (unpaired) electrons. The molecule has 0 aromatic heterocycles. The van der Waals surface area contributed by atoms with Gasteiger partial charge in [0.2, 0.25) is 0 Å². The fraction of sp³-hybridized carbons (Fsp3) is 0.500. The SMILES string of the molecule is COc1cc(C)c(S(=O)(=O)CCCO)cc1C. The first-order valence-corrected chi connectivity index (χ1v) is 7.06. The van der Waals surface area contributed by atoms with E-state index in [1.807, 2.05) is 6.92 Å². The van der Waals surface area contributed by atoms with Crippen LogP contribution in [0.4, 0.5) is 0 Å². The van der Waals surface area contributed by atoms with E-state index in [0.29, 0.717) is 16.2 Å². The van der Waals surface area contributed by atoms with Crippen molar-refractivity contribution in [2.45, 2.75) is 25.2 Å². The number of ether oxygens (including phenoxy) is 1. The molecule has 0 saturated heterocycles. The van der Waals surface area contributed by atoms with E-state index in [1.54, 1.807) is 26.2 Å². The summed E-state index contributed by atoms with van der Waals surface area (Å²) in [5, 5.41) is 8.70. The van der Waals surface area contributed by atoms with Crippen molar-refractivity contribution >= 4 is 9.84 Å². The highest BCUT2D eigenvalue weighted by Gasteiger charge is 2.18. The molecule has 0 heterocycles. The first-order valence-electron chi connectivity index (χ1n) is 5.41. The lowest BCUT2D eigenvalue weighted by Gasteiger charge is -2.11. The Labute approximate surface area is 102 Å². The van der Waals surface area contributed by atoms with Gasteiger partial charge < -0.3 is 9.84 Å². The van der Waals surface area contributed by atoms with Crippen molar-refractivity contribution < 1.29 is 18.3 Å². The molecule has 0 aliphatic carbocycles. The average Bonchev–Trinajstić information content (AvgIpc) is 2.28. The Kier molecular flexibility index (Phi) is 4.54. The fourth-order valence-electron chi connectivity index (χ4n) is 1.68. The molecule has 0 spiro atoms. The van der Waals surface area contributed by atoms with Gasteiger partial charge in [-0.2, -0.15) is 0 Å². The number of aryl methyl sites for hydroxylation is 2. The second kappa shape index (κ2) is 5.51. The van der Waals surface area contributed by atoms with Crippen LogP contribution in [0.3, 0.4) is 0 Å². The molecule has 1 rings (SSSR count). The third-order valence-corrected chi connectivity index (χ3v) is 4.53. The average molecular weight is 258 g/mol. The second-order valence-corrected chi connectivity index (χ2v) is 6.06. The van der Waals surface area contributed by atoms with E-state index in [2.05, 4.69) is 0 Å². The summed E-state index contributed by atoms with van der Waals surface area (Å²) in [5.41, 5.74) is 1.46. The molecule has 1 aromatic carbocycles. The molecule has 5 heteroatoms. The molecule has 0 atom stereocenters. The van der Waals surface area contributed by atoms with Crippen LogP contribution in [0.15, 0.2) is 17.0 Å². The van der Waals surface area contributed by atoms with Crippen molar-refractivity contribution in [1.29, 1.82) is 0 Å². The first-order chi connectivity index (χ1) is 7.92. The lowest BCUT2D eigenvalue weighted by molar-refractivity contribution is 0.295. The number of hydrogen-bond donors (Lipinski definition) is 1. The molecule has 0 fully saturated rings. The maximum Gasteiger partial charge on any atom is 0.178 e. The third-order valence-electron chi connectivity index (χ3n) is 2.60.